The van der Waals surface area contributed by atoms with Crippen LogP contribution in [0.25, 0.3) is 11.3 Å². The number of halogens is 4. The third-order valence-corrected chi connectivity index (χ3v) is 6.18. The zero-order valence-corrected chi connectivity index (χ0v) is 20.0. The fraction of sp³-hybridized carbons (Fsp3) is 0.280. The Morgan fingerprint density at radius 3 is 2.19 bits per heavy atom. The molecule has 2 heterocycles. The van der Waals surface area contributed by atoms with E-state index in [9.17, 15) is 18.0 Å². The summed E-state index contributed by atoms with van der Waals surface area (Å²) in [6, 6.07) is 18.2. The first-order valence-corrected chi connectivity index (χ1v) is 11.7. The maximum absolute atomic E-state index is 12.8. The molecule has 188 valence electrons. The summed E-state index contributed by atoms with van der Waals surface area (Å²) in [4.78, 5) is 15.6. The Balaban J connectivity index is 1.53. The van der Waals surface area contributed by atoms with Crippen LogP contribution in [0.3, 0.4) is 0 Å². The van der Waals surface area contributed by atoms with Gasteiger partial charge in [0.15, 0.2) is 5.82 Å². The Morgan fingerprint density at radius 1 is 0.972 bits per heavy atom. The molecule has 1 fully saturated rings. The molecular weight excluding hydrogens is 493 g/mol. The number of aromatic nitrogens is 2. The number of piperazine rings is 1. The minimum atomic E-state index is -4.27. The molecule has 0 unspecified atom stereocenters. The van der Waals surface area contributed by atoms with Crippen LogP contribution in [-0.4, -0.2) is 77.1 Å². The van der Waals surface area contributed by atoms with Gasteiger partial charge in [-0.25, -0.2) is 0 Å². The molecule has 1 aliphatic heterocycles. The summed E-state index contributed by atoms with van der Waals surface area (Å²) in [5, 5.41) is 20.5. The quantitative estimate of drug-likeness (QED) is 0.457. The molecule has 1 aromatic heterocycles. The van der Waals surface area contributed by atoms with Crippen LogP contribution in [0.15, 0.2) is 60.7 Å². The van der Waals surface area contributed by atoms with Gasteiger partial charge in [0.1, 0.15) is 5.69 Å². The van der Waals surface area contributed by atoms with Crippen molar-refractivity contribution in [1.82, 2.24) is 20.0 Å². The van der Waals surface area contributed by atoms with E-state index in [4.69, 9.17) is 17.0 Å². The van der Waals surface area contributed by atoms with Gasteiger partial charge in [-0.1, -0.05) is 72.3 Å². The number of hydrogen-bond donors (Lipinski definition) is 2. The van der Waals surface area contributed by atoms with E-state index >= 15 is 0 Å². The number of rotatable bonds is 7. The standard InChI is InChI=1S/C25H24ClF3N6O/c26-21-20(22(30)17-7-3-1-4-8-17)24(33-32-23(21)18-9-5-2-6-10-18)31-15-19(36)35-13-11-34(12-14-35)16-25(27,28)29/h1-10,30H,11-16H2,(H,31,33). The second kappa shape index (κ2) is 11.0. The van der Waals surface area contributed by atoms with Crippen LogP contribution >= 0.6 is 11.6 Å². The second-order valence-electron chi connectivity index (χ2n) is 8.32. The number of nitrogens with zero attached hydrogens (tertiary/aromatic N) is 4. The summed E-state index contributed by atoms with van der Waals surface area (Å²) < 4.78 is 37.9. The first-order valence-electron chi connectivity index (χ1n) is 11.3. The minimum absolute atomic E-state index is 0.114. The topological polar surface area (TPSA) is 85.2 Å². The Labute approximate surface area is 211 Å². The molecule has 0 aliphatic carbocycles. The first kappa shape index (κ1) is 25.6. The van der Waals surface area contributed by atoms with Gasteiger partial charge in [-0.2, -0.15) is 13.2 Å². The summed E-state index contributed by atoms with van der Waals surface area (Å²) in [5.74, 6) is -0.110. The Bertz CT molecular complexity index is 1220. The molecule has 2 aromatic carbocycles. The van der Waals surface area contributed by atoms with Crippen LogP contribution in [0.5, 0.6) is 0 Å². The molecule has 1 aliphatic rings. The van der Waals surface area contributed by atoms with Gasteiger partial charge in [-0.3, -0.25) is 15.1 Å². The molecule has 2 N–H and O–H groups in total. The highest BCUT2D eigenvalue weighted by Crippen LogP contribution is 2.33. The van der Waals surface area contributed by atoms with Crippen molar-refractivity contribution in [2.24, 2.45) is 0 Å². The van der Waals surface area contributed by atoms with Gasteiger partial charge in [0.05, 0.1) is 29.4 Å². The summed E-state index contributed by atoms with van der Waals surface area (Å²) >= 11 is 6.75. The van der Waals surface area contributed by atoms with E-state index in [-0.39, 0.29) is 55.2 Å². The zero-order chi connectivity index (χ0) is 25.7. The lowest BCUT2D eigenvalue weighted by molar-refractivity contribution is -0.151. The number of carbonyl (C=O) groups excluding carboxylic acids is 1. The van der Waals surface area contributed by atoms with E-state index in [1.807, 2.05) is 36.4 Å². The van der Waals surface area contributed by atoms with Gasteiger partial charge < -0.3 is 10.2 Å². The molecule has 0 bridgehead atoms. The molecule has 11 heteroatoms. The zero-order valence-electron chi connectivity index (χ0n) is 19.2. The van der Waals surface area contributed by atoms with E-state index < -0.39 is 12.7 Å². The van der Waals surface area contributed by atoms with Gasteiger partial charge in [0, 0.05) is 37.3 Å². The molecule has 0 atom stereocenters. The third kappa shape index (κ3) is 6.19. The van der Waals surface area contributed by atoms with Crippen LogP contribution < -0.4 is 5.32 Å². The van der Waals surface area contributed by atoms with E-state index in [1.54, 1.807) is 24.3 Å². The number of anilines is 1. The molecule has 1 saturated heterocycles. The van der Waals surface area contributed by atoms with Crippen molar-refractivity contribution in [3.8, 4) is 11.3 Å². The Kier molecular flexibility index (Phi) is 7.85. The van der Waals surface area contributed by atoms with Crippen LogP contribution in [0.4, 0.5) is 19.0 Å². The number of alkyl halides is 3. The maximum atomic E-state index is 12.8. The highest BCUT2D eigenvalue weighted by molar-refractivity contribution is 6.38. The summed E-state index contributed by atoms with van der Waals surface area (Å²) in [7, 11) is 0. The average Bonchev–Trinajstić information content (AvgIpc) is 2.87. The molecule has 4 rings (SSSR count). The highest BCUT2D eigenvalue weighted by Gasteiger charge is 2.33. The molecule has 0 radical (unpaired) electrons. The van der Waals surface area contributed by atoms with Crippen molar-refractivity contribution in [3.05, 3.63) is 76.8 Å². The highest BCUT2D eigenvalue weighted by atomic mass is 35.5. The van der Waals surface area contributed by atoms with Gasteiger partial charge in [0.2, 0.25) is 5.91 Å². The molecule has 1 amide bonds. The van der Waals surface area contributed by atoms with E-state index in [0.29, 0.717) is 16.8 Å². The molecule has 3 aromatic rings. The van der Waals surface area contributed by atoms with Gasteiger partial charge in [-0.05, 0) is 0 Å². The minimum Gasteiger partial charge on any atom is -0.359 e. The second-order valence-corrected chi connectivity index (χ2v) is 8.70. The number of amides is 1. The smallest absolute Gasteiger partial charge is 0.359 e. The fourth-order valence-corrected chi connectivity index (χ4v) is 4.31. The Morgan fingerprint density at radius 2 is 1.58 bits per heavy atom. The van der Waals surface area contributed by atoms with E-state index in [0.717, 1.165) is 5.56 Å². The predicted molar refractivity (Wildman–Crippen MR) is 132 cm³/mol. The number of benzene rings is 2. The summed E-state index contributed by atoms with van der Waals surface area (Å²) in [5.41, 5.74) is 2.17. The SMILES string of the molecule is N=C(c1ccccc1)c1c(NCC(=O)N2CCN(CC(F)(F)F)CC2)nnc(-c2ccccc2)c1Cl. The normalized spacial score (nSPS) is 14.5. The Hall–Kier alpha value is -3.50. The van der Waals surface area contributed by atoms with Crippen molar-refractivity contribution in [2.75, 3.05) is 44.6 Å². The van der Waals surface area contributed by atoms with Crippen LogP contribution in [0.1, 0.15) is 11.1 Å². The van der Waals surface area contributed by atoms with Crippen LogP contribution in [-0.2, 0) is 4.79 Å². The molecular formula is C25H24ClF3N6O. The monoisotopic (exact) mass is 516 g/mol. The molecule has 7 nitrogen and oxygen atoms in total. The van der Waals surface area contributed by atoms with Crippen molar-refractivity contribution >= 4 is 29.0 Å². The lowest BCUT2D eigenvalue weighted by Crippen LogP contribution is -2.52. The first-order chi connectivity index (χ1) is 17.2. The van der Waals surface area contributed by atoms with Crippen LogP contribution in [0.2, 0.25) is 5.02 Å². The molecule has 0 spiro atoms. The van der Waals surface area contributed by atoms with Crippen molar-refractivity contribution in [2.45, 2.75) is 6.18 Å². The maximum Gasteiger partial charge on any atom is 0.401 e. The largest absolute Gasteiger partial charge is 0.401 e. The number of hydrogen-bond acceptors (Lipinski definition) is 6. The van der Waals surface area contributed by atoms with Gasteiger partial charge in [-0.15, -0.1) is 10.2 Å². The van der Waals surface area contributed by atoms with Crippen molar-refractivity contribution in [3.63, 3.8) is 0 Å². The summed E-state index contributed by atoms with van der Waals surface area (Å²) in [6.45, 7) is -0.464. The number of carbonyl (C=O) groups is 1. The van der Waals surface area contributed by atoms with E-state index in [1.165, 1.54) is 9.80 Å². The van der Waals surface area contributed by atoms with Crippen molar-refractivity contribution < 1.29 is 18.0 Å². The molecule has 36 heavy (non-hydrogen) atoms. The summed E-state index contributed by atoms with van der Waals surface area (Å²) in [6.07, 6.45) is -4.27. The fourth-order valence-electron chi connectivity index (χ4n) is 3.98. The molecule has 0 saturated carbocycles. The predicted octanol–water partition coefficient (Wildman–Crippen LogP) is 4.33. The lowest BCUT2D eigenvalue weighted by Gasteiger charge is -2.35. The van der Waals surface area contributed by atoms with E-state index in [2.05, 4.69) is 15.5 Å². The lowest BCUT2D eigenvalue weighted by atomic mass is 10.0. The van der Waals surface area contributed by atoms with Crippen molar-refractivity contribution in [1.29, 1.82) is 5.41 Å². The average molecular weight is 517 g/mol. The van der Waals surface area contributed by atoms with Crippen LogP contribution in [0, 0.1) is 5.41 Å². The number of nitrogens with one attached hydrogen (secondary N) is 2. The van der Waals surface area contributed by atoms with Gasteiger partial charge >= 0.3 is 6.18 Å². The third-order valence-electron chi connectivity index (χ3n) is 5.81. The van der Waals surface area contributed by atoms with Gasteiger partial charge in [0.25, 0.3) is 0 Å².